The summed E-state index contributed by atoms with van der Waals surface area (Å²) in [4.78, 5) is 21.8. The Morgan fingerprint density at radius 3 is 2.35 bits per heavy atom. The number of carbonyl (C=O) groups excluding carboxylic acids is 1. The lowest BCUT2D eigenvalue weighted by atomic mass is 10.1. The second kappa shape index (κ2) is 7.39. The quantitative estimate of drug-likeness (QED) is 0.675. The molecule has 0 saturated heterocycles. The number of benzene rings is 1. The maximum atomic E-state index is 11.9. The first-order valence-electron chi connectivity index (χ1n) is 5.60. The smallest absolute Gasteiger partial charge is 0.387 e. The van der Waals surface area contributed by atoms with Crippen LogP contribution < -0.4 is 10.1 Å². The Labute approximate surface area is 113 Å². The summed E-state index contributed by atoms with van der Waals surface area (Å²) in [7, 11) is 0. The molecular formula is C12H13F2NO5. The molecule has 8 heteroatoms. The topological polar surface area (TPSA) is 95.9 Å². The van der Waals surface area contributed by atoms with Crippen LogP contribution in [-0.2, 0) is 16.0 Å². The SMILES string of the molecule is O=C(Cc1ccc(OC(F)F)cc1)NCC(O)C(=O)O. The van der Waals surface area contributed by atoms with E-state index in [1.807, 2.05) is 0 Å². The molecule has 0 radical (unpaired) electrons. The van der Waals surface area contributed by atoms with Crippen molar-refractivity contribution in [2.45, 2.75) is 19.1 Å². The van der Waals surface area contributed by atoms with E-state index in [0.717, 1.165) is 0 Å². The molecular weight excluding hydrogens is 276 g/mol. The highest BCUT2D eigenvalue weighted by molar-refractivity contribution is 5.80. The number of halogens is 2. The van der Waals surface area contributed by atoms with Gasteiger partial charge < -0.3 is 20.3 Å². The first-order valence-corrected chi connectivity index (χ1v) is 5.60. The third kappa shape index (κ3) is 5.61. The van der Waals surface area contributed by atoms with Gasteiger partial charge in [0.25, 0.3) is 0 Å². The molecule has 0 aliphatic rings. The minimum absolute atomic E-state index is 0.0227. The Morgan fingerprint density at radius 1 is 1.25 bits per heavy atom. The highest BCUT2D eigenvalue weighted by Gasteiger charge is 2.14. The van der Waals surface area contributed by atoms with E-state index < -0.39 is 31.1 Å². The third-order valence-corrected chi connectivity index (χ3v) is 2.29. The minimum Gasteiger partial charge on any atom is -0.479 e. The average molecular weight is 289 g/mol. The van der Waals surface area contributed by atoms with Crippen molar-refractivity contribution in [2.75, 3.05) is 6.54 Å². The molecule has 1 amide bonds. The van der Waals surface area contributed by atoms with Gasteiger partial charge in [-0.3, -0.25) is 4.79 Å². The summed E-state index contributed by atoms with van der Waals surface area (Å²) in [5.41, 5.74) is 0.536. The summed E-state index contributed by atoms with van der Waals surface area (Å²) in [6, 6.07) is 5.46. The van der Waals surface area contributed by atoms with E-state index >= 15 is 0 Å². The number of amides is 1. The standard InChI is InChI=1S/C12H13F2NO5/c13-12(14)20-8-3-1-7(2-4-8)5-10(17)15-6-9(16)11(18)19/h1-4,9,12,16H,5-6H2,(H,15,17)(H,18,19). The molecule has 0 bridgehead atoms. The lowest BCUT2D eigenvalue weighted by Gasteiger charge is -2.08. The number of rotatable bonds is 7. The van der Waals surface area contributed by atoms with Crippen LogP contribution in [0.2, 0.25) is 0 Å². The Bertz CT molecular complexity index is 463. The number of aliphatic carboxylic acids is 1. The van der Waals surface area contributed by atoms with Crippen LogP contribution in [0.3, 0.4) is 0 Å². The van der Waals surface area contributed by atoms with Crippen LogP contribution in [-0.4, -0.2) is 41.3 Å². The summed E-state index contributed by atoms with van der Waals surface area (Å²) in [5, 5.41) is 19.6. The van der Waals surface area contributed by atoms with Crippen LogP contribution in [0.1, 0.15) is 5.56 Å². The number of ether oxygens (including phenoxy) is 1. The zero-order valence-corrected chi connectivity index (χ0v) is 10.3. The molecule has 0 spiro atoms. The molecule has 1 aromatic rings. The fourth-order valence-corrected chi connectivity index (χ4v) is 1.33. The van der Waals surface area contributed by atoms with Gasteiger partial charge >= 0.3 is 12.6 Å². The number of carboxylic acid groups (broad SMARTS) is 1. The van der Waals surface area contributed by atoms with Gasteiger partial charge in [0, 0.05) is 0 Å². The van der Waals surface area contributed by atoms with Crippen molar-refractivity contribution in [2.24, 2.45) is 0 Å². The summed E-state index contributed by atoms with van der Waals surface area (Å²) in [5.74, 6) is -1.95. The number of aliphatic hydroxyl groups excluding tert-OH is 1. The molecule has 1 atom stereocenters. The monoisotopic (exact) mass is 289 g/mol. The van der Waals surface area contributed by atoms with E-state index in [1.54, 1.807) is 0 Å². The molecule has 1 aromatic carbocycles. The summed E-state index contributed by atoms with van der Waals surface area (Å²) in [6.45, 7) is -3.32. The number of carbonyl (C=O) groups is 2. The van der Waals surface area contributed by atoms with Gasteiger partial charge in [-0.2, -0.15) is 8.78 Å². The van der Waals surface area contributed by atoms with E-state index in [4.69, 9.17) is 10.2 Å². The van der Waals surface area contributed by atoms with Crippen LogP contribution in [0.15, 0.2) is 24.3 Å². The Kier molecular flexibility index (Phi) is 5.85. The van der Waals surface area contributed by atoms with Crippen molar-refractivity contribution in [1.82, 2.24) is 5.32 Å². The fourth-order valence-electron chi connectivity index (χ4n) is 1.33. The first-order chi connectivity index (χ1) is 9.38. The van der Waals surface area contributed by atoms with Gasteiger partial charge in [-0.15, -0.1) is 0 Å². The molecule has 110 valence electrons. The molecule has 0 aliphatic heterocycles. The van der Waals surface area contributed by atoms with E-state index in [0.29, 0.717) is 5.56 Å². The largest absolute Gasteiger partial charge is 0.479 e. The predicted molar refractivity (Wildman–Crippen MR) is 63.4 cm³/mol. The van der Waals surface area contributed by atoms with Crippen LogP contribution in [0, 0.1) is 0 Å². The third-order valence-electron chi connectivity index (χ3n) is 2.29. The van der Waals surface area contributed by atoms with E-state index in [9.17, 15) is 18.4 Å². The molecule has 0 aliphatic carbocycles. The van der Waals surface area contributed by atoms with Gasteiger partial charge in [-0.25, -0.2) is 4.79 Å². The molecule has 1 unspecified atom stereocenters. The van der Waals surface area contributed by atoms with Crippen LogP contribution in [0.5, 0.6) is 5.75 Å². The zero-order chi connectivity index (χ0) is 15.1. The van der Waals surface area contributed by atoms with E-state index in [1.165, 1.54) is 24.3 Å². The molecule has 0 aromatic heterocycles. The Hall–Kier alpha value is -2.22. The van der Waals surface area contributed by atoms with Gasteiger partial charge in [0.2, 0.25) is 5.91 Å². The van der Waals surface area contributed by atoms with Crippen molar-refractivity contribution in [3.63, 3.8) is 0 Å². The number of hydrogen-bond donors (Lipinski definition) is 3. The minimum atomic E-state index is -2.92. The average Bonchev–Trinajstić information content (AvgIpc) is 2.37. The Morgan fingerprint density at radius 2 is 1.85 bits per heavy atom. The lowest BCUT2D eigenvalue weighted by molar-refractivity contribution is -0.146. The van der Waals surface area contributed by atoms with E-state index in [2.05, 4.69) is 10.1 Å². The molecule has 0 heterocycles. The van der Waals surface area contributed by atoms with Gasteiger partial charge in [0.15, 0.2) is 6.10 Å². The molecule has 20 heavy (non-hydrogen) atoms. The van der Waals surface area contributed by atoms with Crippen LogP contribution in [0.4, 0.5) is 8.78 Å². The van der Waals surface area contributed by atoms with Crippen molar-refractivity contribution in [1.29, 1.82) is 0 Å². The van der Waals surface area contributed by atoms with Gasteiger partial charge in [-0.1, -0.05) is 12.1 Å². The molecule has 3 N–H and O–H groups in total. The van der Waals surface area contributed by atoms with Gasteiger partial charge in [0.1, 0.15) is 5.75 Å². The summed E-state index contributed by atoms with van der Waals surface area (Å²) in [6.07, 6.45) is -1.73. The number of nitrogens with one attached hydrogen (secondary N) is 1. The normalized spacial score (nSPS) is 12.0. The van der Waals surface area contributed by atoms with Gasteiger partial charge in [-0.05, 0) is 17.7 Å². The highest BCUT2D eigenvalue weighted by Crippen LogP contribution is 2.15. The maximum absolute atomic E-state index is 11.9. The molecule has 6 nitrogen and oxygen atoms in total. The first kappa shape index (κ1) is 15.8. The van der Waals surface area contributed by atoms with Crippen molar-refractivity contribution < 1.29 is 33.3 Å². The second-order valence-electron chi connectivity index (χ2n) is 3.86. The van der Waals surface area contributed by atoms with Crippen molar-refractivity contribution >= 4 is 11.9 Å². The molecule has 1 rings (SSSR count). The fraction of sp³-hybridized carbons (Fsp3) is 0.333. The maximum Gasteiger partial charge on any atom is 0.387 e. The van der Waals surface area contributed by atoms with E-state index in [-0.39, 0.29) is 12.2 Å². The predicted octanol–water partition coefficient (Wildman–Crippen LogP) is 0.392. The second-order valence-corrected chi connectivity index (χ2v) is 3.86. The van der Waals surface area contributed by atoms with Crippen molar-refractivity contribution in [3.05, 3.63) is 29.8 Å². The summed E-state index contributed by atoms with van der Waals surface area (Å²) >= 11 is 0. The van der Waals surface area contributed by atoms with Crippen LogP contribution in [0.25, 0.3) is 0 Å². The zero-order valence-electron chi connectivity index (χ0n) is 10.3. The number of aliphatic hydroxyl groups is 1. The van der Waals surface area contributed by atoms with Gasteiger partial charge in [0.05, 0.1) is 13.0 Å². The van der Waals surface area contributed by atoms with Crippen molar-refractivity contribution in [3.8, 4) is 5.75 Å². The highest BCUT2D eigenvalue weighted by atomic mass is 19.3. The number of alkyl halides is 2. The number of hydrogen-bond acceptors (Lipinski definition) is 4. The molecule has 0 saturated carbocycles. The molecule has 0 fully saturated rings. The Balaban J connectivity index is 2.44. The van der Waals surface area contributed by atoms with Crippen LogP contribution >= 0.6 is 0 Å². The number of carboxylic acids is 1. The lowest BCUT2D eigenvalue weighted by Crippen LogP contribution is -2.37. The summed E-state index contributed by atoms with van der Waals surface area (Å²) < 4.78 is 28.0.